The molecule has 7 nitrogen and oxygen atoms in total. The van der Waals surface area contributed by atoms with E-state index >= 15 is 0 Å². The van der Waals surface area contributed by atoms with E-state index in [9.17, 15) is 18.3 Å². The molecule has 2 N–H and O–H groups in total. The van der Waals surface area contributed by atoms with Crippen molar-refractivity contribution in [1.82, 2.24) is 4.98 Å². The Morgan fingerprint density at radius 2 is 1.55 bits per heavy atom. The first-order chi connectivity index (χ1) is 15.9. The molecule has 0 aliphatic heterocycles. The van der Waals surface area contributed by atoms with E-state index in [4.69, 9.17) is 0 Å². The Bertz CT molecular complexity index is 1290. The van der Waals surface area contributed by atoms with Crippen LogP contribution in [0, 0.1) is 0 Å². The van der Waals surface area contributed by atoms with Crippen molar-refractivity contribution in [3.63, 3.8) is 0 Å². The zero-order chi connectivity index (χ0) is 23.3. The second kappa shape index (κ2) is 9.85. The second-order valence-electron chi connectivity index (χ2n) is 7.27. The van der Waals surface area contributed by atoms with Crippen LogP contribution >= 0.6 is 11.3 Å². The molecule has 33 heavy (non-hydrogen) atoms. The van der Waals surface area contributed by atoms with Gasteiger partial charge in [-0.15, -0.1) is 11.3 Å². The minimum atomic E-state index is -3.82. The molecule has 0 spiro atoms. The van der Waals surface area contributed by atoms with Gasteiger partial charge in [0.25, 0.3) is 10.0 Å². The highest BCUT2D eigenvalue weighted by atomic mass is 32.2. The maximum Gasteiger partial charge on any atom is 0.339 e. The number of hydrogen-bond donors (Lipinski definition) is 2. The number of thiophene rings is 1. The fraction of sp³-hybridized carbons (Fsp3) is 0.0833. The number of nitrogens with one attached hydrogen (secondary N) is 1. The first-order valence-electron chi connectivity index (χ1n) is 10.0. The molecule has 4 rings (SSSR count). The minimum absolute atomic E-state index is 0.0870. The van der Waals surface area contributed by atoms with Gasteiger partial charge in [-0.1, -0.05) is 66.7 Å². The molecule has 2 aromatic heterocycles. The number of benzene rings is 2. The van der Waals surface area contributed by atoms with Gasteiger partial charge in [-0.3, -0.25) is 4.72 Å². The smallest absolute Gasteiger partial charge is 0.339 e. The molecular weight excluding hydrogens is 458 g/mol. The van der Waals surface area contributed by atoms with Crippen LogP contribution in [-0.2, 0) is 23.1 Å². The van der Waals surface area contributed by atoms with Crippen LogP contribution in [0.5, 0.6) is 0 Å². The lowest BCUT2D eigenvalue weighted by molar-refractivity contribution is 0.0697. The number of sulfonamides is 1. The average Bonchev–Trinajstić information content (AvgIpc) is 3.36. The summed E-state index contributed by atoms with van der Waals surface area (Å²) in [6.45, 7) is 0.868. The molecular formula is C24H21N3O4S2. The lowest BCUT2D eigenvalue weighted by Crippen LogP contribution is -2.25. The number of hydrogen-bond acceptors (Lipinski definition) is 6. The molecule has 0 radical (unpaired) electrons. The highest BCUT2D eigenvalue weighted by Crippen LogP contribution is 2.27. The fourth-order valence-corrected chi connectivity index (χ4v) is 5.38. The quantitative estimate of drug-likeness (QED) is 0.356. The van der Waals surface area contributed by atoms with Crippen LogP contribution in [0.25, 0.3) is 0 Å². The Morgan fingerprint density at radius 1 is 0.939 bits per heavy atom. The number of anilines is 2. The Kier molecular flexibility index (Phi) is 6.71. The van der Waals surface area contributed by atoms with Crippen LogP contribution in [0.3, 0.4) is 0 Å². The van der Waals surface area contributed by atoms with E-state index in [1.54, 1.807) is 11.4 Å². The Hall–Kier alpha value is -3.69. The van der Waals surface area contributed by atoms with E-state index in [2.05, 4.69) is 9.71 Å². The molecule has 0 fully saturated rings. The van der Waals surface area contributed by atoms with Crippen molar-refractivity contribution in [2.75, 3.05) is 9.62 Å². The molecule has 0 saturated carbocycles. The molecule has 2 heterocycles. The van der Waals surface area contributed by atoms with Crippen LogP contribution in [-0.4, -0.2) is 24.5 Å². The summed E-state index contributed by atoms with van der Waals surface area (Å²) in [5.41, 5.74) is 1.99. The number of rotatable bonds is 9. The van der Waals surface area contributed by atoms with E-state index in [1.807, 2.05) is 65.6 Å². The number of aromatic nitrogens is 1. The van der Waals surface area contributed by atoms with Crippen molar-refractivity contribution in [3.05, 3.63) is 107 Å². The zero-order valence-corrected chi connectivity index (χ0v) is 19.1. The number of aromatic carboxylic acids is 1. The van der Waals surface area contributed by atoms with Crippen LogP contribution in [0.2, 0.25) is 0 Å². The predicted molar refractivity (Wildman–Crippen MR) is 129 cm³/mol. The lowest BCUT2D eigenvalue weighted by Gasteiger charge is -2.26. The maximum absolute atomic E-state index is 12.6. The molecule has 0 aliphatic carbocycles. The number of carboxylic acids is 1. The largest absolute Gasteiger partial charge is 0.478 e. The molecule has 0 aliphatic rings. The number of carboxylic acid groups (broad SMARTS) is 1. The van der Waals surface area contributed by atoms with E-state index in [0.717, 1.165) is 22.5 Å². The molecule has 0 unspecified atom stereocenters. The molecule has 168 valence electrons. The third-order valence-electron chi connectivity index (χ3n) is 4.84. The summed E-state index contributed by atoms with van der Waals surface area (Å²) < 4.78 is 27.7. The fourth-order valence-electron chi connectivity index (χ4n) is 3.36. The molecule has 0 amide bonds. The van der Waals surface area contributed by atoms with Crippen LogP contribution < -0.4 is 9.62 Å². The Labute approximate surface area is 196 Å². The summed E-state index contributed by atoms with van der Waals surface area (Å²) in [6, 6.07) is 23.8. The normalized spacial score (nSPS) is 11.2. The molecule has 0 bridgehead atoms. The van der Waals surface area contributed by atoms with Crippen LogP contribution in [0.15, 0.2) is 94.6 Å². The molecule has 0 atom stereocenters. The van der Waals surface area contributed by atoms with Gasteiger partial charge in [-0.2, -0.15) is 0 Å². The topological polar surface area (TPSA) is 99.6 Å². The molecule has 0 saturated heterocycles. The second-order valence-corrected chi connectivity index (χ2v) is 10.1. The van der Waals surface area contributed by atoms with Gasteiger partial charge in [-0.25, -0.2) is 18.2 Å². The van der Waals surface area contributed by atoms with Crippen molar-refractivity contribution >= 4 is 38.8 Å². The lowest BCUT2D eigenvalue weighted by atomic mass is 10.1. The SMILES string of the molecule is O=C(O)c1cc(NS(=O)(=O)c2cccs2)cnc1N(Cc1ccccc1)Cc1ccccc1. The standard InChI is InChI=1S/C24H21N3O4S2/c28-24(29)21-14-20(26-33(30,31)22-12-7-13-32-22)15-25-23(21)27(16-18-8-3-1-4-9-18)17-19-10-5-2-6-11-19/h1-15,26H,16-17H2,(H,28,29). The molecule has 9 heteroatoms. The minimum Gasteiger partial charge on any atom is -0.478 e. The van der Waals surface area contributed by atoms with Crippen molar-refractivity contribution in [2.24, 2.45) is 0 Å². The van der Waals surface area contributed by atoms with E-state index in [-0.39, 0.29) is 21.3 Å². The summed E-state index contributed by atoms with van der Waals surface area (Å²) in [7, 11) is -3.82. The van der Waals surface area contributed by atoms with Gasteiger partial charge in [0.05, 0.1) is 11.9 Å². The number of nitrogens with zero attached hydrogens (tertiary/aromatic N) is 2. The average molecular weight is 480 g/mol. The molecule has 4 aromatic rings. The van der Waals surface area contributed by atoms with Crippen molar-refractivity contribution in [3.8, 4) is 0 Å². The van der Waals surface area contributed by atoms with Gasteiger partial charge in [-0.05, 0) is 28.6 Å². The zero-order valence-electron chi connectivity index (χ0n) is 17.5. The Morgan fingerprint density at radius 3 is 2.06 bits per heavy atom. The van der Waals surface area contributed by atoms with Gasteiger partial charge in [0.1, 0.15) is 15.6 Å². The highest BCUT2D eigenvalue weighted by Gasteiger charge is 2.22. The number of pyridine rings is 1. The van der Waals surface area contributed by atoms with E-state index in [0.29, 0.717) is 13.1 Å². The first-order valence-corrected chi connectivity index (χ1v) is 12.4. The summed E-state index contributed by atoms with van der Waals surface area (Å²) in [5.74, 6) is -0.935. The van der Waals surface area contributed by atoms with Crippen molar-refractivity contribution in [1.29, 1.82) is 0 Å². The van der Waals surface area contributed by atoms with Gasteiger partial charge in [0.2, 0.25) is 0 Å². The maximum atomic E-state index is 12.6. The summed E-state index contributed by atoms with van der Waals surface area (Å²) in [5, 5.41) is 11.6. The summed E-state index contributed by atoms with van der Waals surface area (Å²) in [6.07, 6.45) is 1.34. The van der Waals surface area contributed by atoms with Gasteiger partial charge < -0.3 is 10.0 Å². The summed E-state index contributed by atoms with van der Waals surface area (Å²) >= 11 is 1.07. The Balaban J connectivity index is 1.70. The van der Waals surface area contributed by atoms with Crippen molar-refractivity contribution < 1.29 is 18.3 Å². The third-order valence-corrected chi connectivity index (χ3v) is 7.62. The van der Waals surface area contributed by atoms with Crippen molar-refractivity contribution in [2.45, 2.75) is 17.3 Å². The molecule has 2 aromatic carbocycles. The number of carbonyl (C=O) groups is 1. The van der Waals surface area contributed by atoms with E-state index < -0.39 is 16.0 Å². The highest BCUT2D eigenvalue weighted by molar-refractivity contribution is 7.94. The monoisotopic (exact) mass is 479 g/mol. The summed E-state index contributed by atoms with van der Waals surface area (Å²) in [4.78, 5) is 18.4. The van der Waals surface area contributed by atoms with Crippen LogP contribution in [0.1, 0.15) is 21.5 Å². The van der Waals surface area contributed by atoms with Gasteiger partial charge in [0, 0.05) is 13.1 Å². The third kappa shape index (κ3) is 5.57. The first kappa shape index (κ1) is 22.5. The predicted octanol–water partition coefficient (Wildman–Crippen LogP) is 4.85. The van der Waals surface area contributed by atoms with Gasteiger partial charge in [0.15, 0.2) is 0 Å². The van der Waals surface area contributed by atoms with Crippen LogP contribution in [0.4, 0.5) is 11.5 Å². The van der Waals surface area contributed by atoms with E-state index in [1.165, 1.54) is 18.3 Å². The van der Waals surface area contributed by atoms with Gasteiger partial charge >= 0.3 is 5.97 Å².